The van der Waals surface area contributed by atoms with Gasteiger partial charge >= 0.3 is 6.03 Å². The van der Waals surface area contributed by atoms with Gasteiger partial charge in [0.25, 0.3) is 0 Å². The van der Waals surface area contributed by atoms with Gasteiger partial charge in [-0.2, -0.15) is 0 Å². The van der Waals surface area contributed by atoms with Crippen LogP contribution in [0.2, 0.25) is 0 Å². The second-order valence-electron chi connectivity index (χ2n) is 4.37. The number of amides is 2. The standard InChI is InChI=1S/C11H23N3O3S/c1-3-6-12-11(15)13-7-5-8-14(10-9-13)18(16,17)4-2/h3-10H2,1-2H3,(H,12,15). The maximum atomic E-state index is 11.8. The maximum absolute atomic E-state index is 11.8. The quantitative estimate of drug-likeness (QED) is 0.812. The van der Waals surface area contributed by atoms with E-state index in [2.05, 4.69) is 5.32 Å². The van der Waals surface area contributed by atoms with Crippen molar-refractivity contribution < 1.29 is 13.2 Å². The minimum atomic E-state index is -3.14. The summed E-state index contributed by atoms with van der Waals surface area (Å²) in [6.45, 7) is 6.29. The van der Waals surface area contributed by atoms with Crippen LogP contribution in [0.3, 0.4) is 0 Å². The Morgan fingerprint density at radius 1 is 1.17 bits per heavy atom. The van der Waals surface area contributed by atoms with Crippen LogP contribution in [0.25, 0.3) is 0 Å². The van der Waals surface area contributed by atoms with Gasteiger partial charge in [0.15, 0.2) is 0 Å². The lowest BCUT2D eigenvalue weighted by atomic mass is 10.4. The van der Waals surface area contributed by atoms with E-state index < -0.39 is 10.0 Å². The average molecular weight is 277 g/mol. The van der Waals surface area contributed by atoms with Gasteiger partial charge in [0, 0.05) is 32.7 Å². The monoisotopic (exact) mass is 277 g/mol. The molecule has 1 aliphatic rings. The Bertz CT molecular complexity index is 370. The van der Waals surface area contributed by atoms with E-state index >= 15 is 0 Å². The first-order valence-corrected chi connectivity index (χ1v) is 8.12. The van der Waals surface area contributed by atoms with Gasteiger partial charge in [-0.25, -0.2) is 17.5 Å². The SMILES string of the molecule is CCCNC(=O)N1CCCN(S(=O)(=O)CC)CC1. The van der Waals surface area contributed by atoms with Crippen LogP contribution in [0.4, 0.5) is 4.79 Å². The molecule has 18 heavy (non-hydrogen) atoms. The Morgan fingerprint density at radius 3 is 2.50 bits per heavy atom. The van der Waals surface area contributed by atoms with E-state index in [1.807, 2.05) is 6.92 Å². The molecular weight excluding hydrogens is 254 g/mol. The Kier molecular flexibility index (Phi) is 5.87. The molecule has 0 aromatic heterocycles. The highest BCUT2D eigenvalue weighted by Crippen LogP contribution is 2.08. The fourth-order valence-corrected chi connectivity index (χ4v) is 3.03. The van der Waals surface area contributed by atoms with E-state index in [-0.39, 0.29) is 11.8 Å². The lowest BCUT2D eigenvalue weighted by Crippen LogP contribution is -2.42. The molecule has 0 bridgehead atoms. The fourth-order valence-electron chi connectivity index (χ4n) is 1.90. The predicted octanol–water partition coefficient (Wildman–Crippen LogP) is 0.463. The molecule has 0 saturated carbocycles. The third-order valence-electron chi connectivity index (χ3n) is 3.03. The summed E-state index contributed by atoms with van der Waals surface area (Å²) in [7, 11) is -3.14. The first-order valence-electron chi connectivity index (χ1n) is 6.51. The number of nitrogens with zero attached hydrogens (tertiary/aromatic N) is 2. The van der Waals surface area contributed by atoms with Crippen LogP contribution in [-0.4, -0.2) is 62.1 Å². The van der Waals surface area contributed by atoms with Gasteiger partial charge < -0.3 is 10.2 Å². The smallest absolute Gasteiger partial charge is 0.317 e. The summed E-state index contributed by atoms with van der Waals surface area (Å²) in [4.78, 5) is 13.5. The summed E-state index contributed by atoms with van der Waals surface area (Å²) in [5.41, 5.74) is 0. The van der Waals surface area contributed by atoms with Crippen molar-refractivity contribution in [1.29, 1.82) is 0 Å². The number of nitrogens with one attached hydrogen (secondary N) is 1. The molecule has 0 aromatic carbocycles. The Labute approximate surface area is 109 Å². The number of rotatable bonds is 4. The van der Waals surface area contributed by atoms with E-state index in [4.69, 9.17) is 0 Å². The van der Waals surface area contributed by atoms with Crippen molar-refractivity contribution in [1.82, 2.24) is 14.5 Å². The van der Waals surface area contributed by atoms with Crippen LogP contribution in [0.15, 0.2) is 0 Å². The third-order valence-corrected chi connectivity index (χ3v) is 4.91. The highest BCUT2D eigenvalue weighted by Gasteiger charge is 2.25. The summed E-state index contributed by atoms with van der Waals surface area (Å²) >= 11 is 0. The molecule has 0 atom stereocenters. The van der Waals surface area contributed by atoms with Crippen molar-refractivity contribution in [2.75, 3.05) is 38.5 Å². The number of urea groups is 1. The van der Waals surface area contributed by atoms with Crippen LogP contribution >= 0.6 is 0 Å². The van der Waals surface area contributed by atoms with E-state index in [1.165, 1.54) is 4.31 Å². The van der Waals surface area contributed by atoms with Crippen molar-refractivity contribution in [3.05, 3.63) is 0 Å². The molecule has 0 aromatic rings. The number of carbonyl (C=O) groups is 1. The molecule has 7 heteroatoms. The highest BCUT2D eigenvalue weighted by molar-refractivity contribution is 7.89. The third kappa shape index (κ3) is 4.13. The number of carbonyl (C=O) groups excluding carboxylic acids is 1. The second-order valence-corrected chi connectivity index (χ2v) is 6.63. The van der Waals surface area contributed by atoms with Gasteiger partial charge in [0.05, 0.1) is 5.75 Å². The van der Waals surface area contributed by atoms with Crippen molar-refractivity contribution in [2.24, 2.45) is 0 Å². The summed E-state index contributed by atoms with van der Waals surface area (Å²) in [6.07, 6.45) is 1.59. The van der Waals surface area contributed by atoms with E-state index in [0.29, 0.717) is 39.1 Å². The van der Waals surface area contributed by atoms with Crippen LogP contribution in [-0.2, 0) is 10.0 Å². The normalized spacial score (nSPS) is 18.4. The van der Waals surface area contributed by atoms with Crippen LogP contribution in [0.5, 0.6) is 0 Å². The maximum Gasteiger partial charge on any atom is 0.317 e. The van der Waals surface area contributed by atoms with Crippen molar-refractivity contribution in [2.45, 2.75) is 26.7 Å². The van der Waals surface area contributed by atoms with Gasteiger partial charge in [0.2, 0.25) is 10.0 Å². The minimum Gasteiger partial charge on any atom is -0.338 e. The molecule has 0 aliphatic carbocycles. The van der Waals surface area contributed by atoms with Gasteiger partial charge in [0.1, 0.15) is 0 Å². The van der Waals surface area contributed by atoms with Crippen molar-refractivity contribution in [3.8, 4) is 0 Å². The predicted molar refractivity (Wildman–Crippen MR) is 70.9 cm³/mol. The average Bonchev–Trinajstić information content (AvgIpc) is 2.62. The Balaban J connectivity index is 2.53. The lowest BCUT2D eigenvalue weighted by molar-refractivity contribution is 0.200. The number of sulfonamides is 1. The first kappa shape index (κ1) is 15.2. The zero-order chi connectivity index (χ0) is 13.6. The van der Waals surface area contributed by atoms with Crippen molar-refractivity contribution >= 4 is 16.1 Å². The van der Waals surface area contributed by atoms with E-state index in [1.54, 1.807) is 11.8 Å². The molecule has 1 N–H and O–H groups in total. The molecule has 6 nitrogen and oxygen atoms in total. The number of hydrogen-bond acceptors (Lipinski definition) is 3. The fraction of sp³-hybridized carbons (Fsp3) is 0.909. The van der Waals surface area contributed by atoms with Gasteiger partial charge in [-0.1, -0.05) is 6.92 Å². The van der Waals surface area contributed by atoms with Gasteiger partial charge in [-0.15, -0.1) is 0 Å². The molecule has 1 saturated heterocycles. The van der Waals surface area contributed by atoms with Crippen LogP contribution in [0, 0.1) is 0 Å². The summed E-state index contributed by atoms with van der Waals surface area (Å²) in [5.74, 6) is 0.120. The molecule has 1 heterocycles. The molecule has 0 radical (unpaired) electrons. The van der Waals surface area contributed by atoms with Crippen LogP contribution in [0.1, 0.15) is 26.7 Å². The highest BCUT2D eigenvalue weighted by atomic mass is 32.2. The molecule has 1 rings (SSSR count). The molecule has 1 fully saturated rings. The Morgan fingerprint density at radius 2 is 1.89 bits per heavy atom. The molecule has 2 amide bonds. The molecule has 0 spiro atoms. The minimum absolute atomic E-state index is 0.0902. The second kappa shape index (κ2) is 6.94. The van der Waals surface area contributed by atoms with E-state index in [9.17, 15) is 13.2 Å². The Hall–Kier alpha value is -0.820. The largest absolute Gasteiger partial charge is 0.338 e. The topological polar surface area (TPSA) is 69.7 Å². The van der Waals surface area contributed by atoms with Crippen LogP contribution < -0.4 is 5.32 Å². The zero-order valence-corrected chi connectivity index (χ0v) is 12.0. The number of hydrogen-bond donors (Lipinski definition) is 1. The van der Waals surface area contributed by atoms with Gasteiger partial charge in [-0.05, 0) is 19.8 Å². The molecular formula is C11H23N3O3S. The first-order chi connectivity index (χ1) is 8.51. The van der Waals surface area contributed by atoms with Gasteiger partial charge in [-0.3, -0.25) is 0 Å². The van der Waals surface area contributed by atoms with E-state index in [0.717, 1.165) is 6.42 Å². The summed E-state index contributed by atoms with van der Waals surface area (Å²) < 4.78 is 25.0. The molecule has 0 unspecified atom stereocenters. The molecule has 1 aliphatic heterocycles. The summed E-state index contributed by atoms with van der Waals surface area (Å²) in [5, 5.41) is 2.82. The molecule has 106 valence electrons. The zero-order valence-electron chi connectivity index (χ0n) is 11.2. The van der Waals surface area contributed by atoms with Crippen molar-refractivity contribution in [3.63, 3.8) is 0 Å². The lowest BCUT2D eigenvalue weighted by Gasteiger charge is -2.21. The summed E-state index contributed by atoms with van der Waals surface area (Å²) in [6, 6.07) is -0.0902.